The Morgan fingerprint density at radius 1 is 1.24 bits per heavy atom. The van der Waals surface area contributed by atoms with Crippen LogP contribution < -0.4 is 0 Å². The van der Waals surface area contributed by atoms with Gasteiger partial charge in [-0.05, 0) is 69.0 Å². The fourth-order valence-corrected chi connectivity index (χ4v) is 5.04. The maximum atomic E-state index is 13.3. The van der Waals surface area contributed by atoms with E-state index in [0.717, 1.165) is 16.8 Å². The third-order valence-electron chi connectivity index (χ3n) is 6.69. The van der Waals surface area contributed by atoms with Crippen molar-refractivity contribution >= 4 is 11.8 Å². The average Bonchev–Trinajstić information content (AvgIpc) is 3.09. The topological polar surface area (TPSA) is 81.8 Å². The van der Waals surface area contributed by atoms with Gasteiger partial charge in [0, 0.05) is 18.9 Å². The molecular formula is C27H33N5O2. The van der Waals surface area contributed by atoms with Crippen molar-refractivity contribution in [1.29, 1.82) is 5.26 Å². The molecule has 7 heteroatoms. The van der Waals surface area contributed by atoms with E-state index in [0.29, 0.717) is 18.7 Å². The first-order chi connectivity index (χ1) is 16.0. The maximum Gasteiger partial charge on any atom is 0.410 e. The Morgan fingerprint density at radius 3 is 2.56 bits per heavy atom. The number of benzene rings is 1. The largest absolute Gasteiger partial charge is 0.444 e. The predicted molar refractivity (Wildman–Crippen MR) is 131 cm³/mol. The van der Waals surface area contributed by atoms with Gasteiger partial charge in [0.05, 0.1) is 41.4 Å². The molecule has 1 aromatic carbocycles. The zero-order chi connectivity index (χ0) is 24.7. The molecule has 7 nitrogen and oxygen atoms in total. The average molecular weight is 460 g/mol. The quantitative estimate of drug-likeness (QED) is 0.659. The Bertz CT molecular complexity index is 1130. The molecule has 2 aromatic rings. The number of fused-ring (bicyclic) bond motifs is 1. The van der Waals surface area contributed by atoms with E-state index in [1.807, 2.05) is 56.0 Å². The van der Waals surface area contributed by atoms with Crippen molar-refractivity contribution < 1.29 is 9.53 Å². The number of rotatable bonds is 3. The maximum absolute atomic E-state index is 13.3. The summed E-state index contributed by atoms with van der Waals surface area (Å²) in [5.74, 6) is 0.125. The van der Waals surface area contributed by atoms with E-state index in [1.54, 1.807) is 18.5 Å². The van der Waals surface area contributed by atoms with Crippen molar-refractivity contribution in [2.45, 2.75) is 64.6 Å². The molecule has 34 heavy (non-hydrogen) atoms. The van der Waals surface area contributed by atoms with Crippen molar-refractivity contribution in [2.75, 3.05) is 13.1 Å². The van der Waals surface area contributed by atoms with Gasteiger partial charge in [0.1, 0.15) is 5.60 Å². The van der Waals surface area contributed by atoms with Crippen LogP contribution in [0.4, 0.5) is 4.79 Å². The number of carbonyl (C=O) groups is 1. The zero-order valence-electron chi connectivity index (χ0n) is 20.8. The van der Waals surface area contributed by atoms with E-state index in [4.69, 9.17) is 9.84 Å². The standard InChI is InChI=1S/C27H33N5O2/c1-18(2)22-16-32-27(6,17-31(22)25(33)34-26(3,4)5)23(20-10-12-29-13-11-20)24(30-32)21-9-7-8-19(14-21)15-28/h7-14,18,22-23H,16-17H2,1-6H3. The first-order valence-electron chi connectivity index (χ1n) is 11.8. The lowest BCUT2D eigenvalue weighted by molar-refractivity contribution is -0.0490. The van der Waals surface area contributed by atoms with Gasteiger partial charge in [-0.15, -0.1) is 0 Å². The Morgan fingerprint density at radius 2 is 1.94 bits per heavy atom. The molecule has 2 aliphatic heterocycles. The number of pyridine rings is 1. The summed E-state index contributed by atoms with van der Waals surface area (Å²) in [5, 5.41) is 16.7. The van der Waals surface area contributed by atoms with Gasteiger partial charge in [-0.25, -0.2) is 4.79 Å². The van der Waals surface area contributed by atoms with Gasteiger partial charge in [0.2, 0.25) is 0 Å². The lowest BCUT2D eigenvalue weighted by Crippen LogP contribution is -2.66. The number of nitrogens with zero attached hydrogens (tertiary/aromatic N) is 5. The number of nitriles is 1. The van der Waals surface area contributed by atoms with Crippen molar-refractivity contribution in [3.63, 3.8) is 0 Å². The molecule has 0 bridgehead atoms. The van der Waals surface area contributed by atoms with Crippen LogP contribution in [0.15, 0.2) is 53.9 Å². The second-order valence-corrected chi connectivity index (χ2v) is 10.8. The molecule has 1 amide bonds. The van der Waals surface area contributed by atoms with Gasteiger partial charge in [0.15, 0.2) is 0 Å². The molecule has 2 aliphatic rings. The van der Waals surface area contributed by atoms with E-state index in [1.165, 1.54) is 0 Å². The first-order valence-corrected chi connectivity index (χ1v) is 11.8. The Balaban J connectivity index is 1.80. The molecule has 0 saturated carbocycles. The third kappa shape index (κ3) is 4.37. The van der Waals surface area contributed by atoms with Crippen molar-refractivity contribution in [3.05, 3.63) is 65.5 Å². The summed E-state index contributed by atoms with van der Waals surface area (Å²) in [5.41, 5.74) is 2.44. The van der Waals surface area contributed by atoms with E-state index in [9.17, 15) is 10.1 Å². The van der Waals surface area contributed by atoms with Crippen LogP contribution in [-0.2, 0) is 4.74 Å². The molecule has 1 aromatic heterocycles. The summed E-state index contributed by atoms with van der Waals surface area (Å²) in [6.07, 6.45) is 3.28. The van der Waals surface area contributed by atoms with Crippen molar-refractivity contribution in [1.82, 2.24) is 14.9 Å². The second kappa shape index (κ2) is 8.75. The van der Waals surface area contributed by atoms with Gasteiger partial charge in [-0.1, -0.05) is 26.0 Å². The zero-order valence-corrected chi connectivity index (χ0v) is 20.8. The van der Waals surface area contributed by atoms with Crippen molar-refractivity contribution in [3.8, 4) is 6.07 Å². The lowest BCUT2D eigenvalue weighted by atomic mass is 9.74. The van der Waals surface area contributed by atoms with Gasteiger partial charge in [0.25, 0.3) is 0 Å². The summed E-state index contributed by atoms with van der Waals surface area (Å²) in [6, 6.07) is 13.8. The minimum atomic E-state index is -0.573. The van der Waals surface area contributed by atoms with Crippen LogP contribution in [0.5, 0.6) is 0 Å². The first kappa shape index (κ1) is 23.7. The van der Waals surface area contributed by atoms with Gasteiger partial charge in [-0.2, -0.15) is 10.4 Å². The van der Waals surface area contributed by atoms with Crippen LogP contribution in [0.1, 0.15) is 64.2 Å². The number of aromatic nitrogens is 1. The van der Waals surface area contributed by atoms with E-state index in [-0.39, 0.29) is 24.0 Å². The highest BCUT2D eigenvalue weighted by Gasteiger charge is 2.55. The van der Waals surface area contributed by atoms with Crippen LogP contribution in [0.3, 0.4) is 0 Å². The highest BCUT2D eigenvalue weighted by molar-refractivity contribution is 6.07. The fraction of sp³-hybridized carbons (Fsp3) is 0.481. The van der Waals surface area contributed by atoms with Crippen LogP contribution in [0, 0.1) is 17.2 Å². The number of hydrogen-bond donors (Lipinski definition) is 0. The highest BCUT2D eigenvalue weighted by Crippen LogP contribution is 2.46. The molecule has 3 unspecified atom stereocenters. The summed E-state index contributed by atoms with van der Waals surface area (Å²) in [4.78, 5) is 19.4. The van der Waals surface area contributed by atoms with E-state index in [2.05, 4.69) is 36.8 Å². The summed E-state index contributed by atoms with van der Waals surface area (Å²) in [7, 11) is 0. The molecule has 3 atom stereocenters. The van der Waals surface area contributed by atoms with Gasteiger partial charge < -0.3 is 9.64 Å². The predicted octanol–water partition coefficient (Wildman–Crippen LogP) is 4.79. The molecule has 178 valence electrons. The second-order valence-electron chi connectivity index (χ2n) is 10.8. The smallest absolute Gasteiger partial charge is 0.410 e. The minimum absolute atomic E-state index is 0.0328. The molecule has 0 aliphatic carbocycles. The normalized spacial score (nSPS) is 24.5. The van der Waals surface area contributed by atoms with E-state index >= 15 is 0 Å². The molecular weight excluding hydrogens is 426 g/mol. The Labute approximate surface area is 202 Å². The molecule has 4 rings (SSSR count). The Kier molecular flexibility index (Phi) is 6.11. The third-order valence-corrected chi connectivity index (χ3v) is 6.69. The summed E-state index contributed by atoms with van der Waals surface area (Å²) >= 11 is 0. The van der Waals surface area contributed by atoms with Crippen LogP contribution >= 0.6 is 0 Å². The van der Waals surface area contributed by atoms with Crippen LogP contribution in [0.2, 0.25) is 0 Å². The molecule has 0 spiro atoms. The van der Waals surface area contributed by atoms with Crippen LogP contribution in [0.25, 0.3) is 0 Å². The molecule has 0 radical (unpaired) electrons. The highest BCUT2D eigenvalue weighted by atomic mass is 16.6. The number of ether oxygens (including phenoxy) is 1. The summed E-state index contributed by atoms with van der Waals surface area (Å²) in [6.45, 7) is 13.2. The van der Waals surface area contributed by atoms with Crippen molar-refractivity contribution in [2.24, 2.45) is 11.0 Å². The number of hydrogen-bond acceptors (Lipinski definition) is 6. The molecule has 1 fully saturated rings. The number of piperazine rings is 1. The number of hydrazone groups is 1. The number of amides is 1. The van der Waals surface area contributed by atoms with Gasteiger partial charge in [-0.3, -0.25) is 9.99 Å². The lowest BCUT2D eigenvalue weighted by Gasteiger charge is -2.51. The van der Waals surface area contributed by atoms with E-state index < -0.39 is 11.1 Å². The SMILES string of the molecule is CC(C)C1CN2N=C(c3cccc(C#N)c3)C(c3ccncc3)C2(C)CN1C(=O)OC(C)(C)C. The monoisotopic (exact) mass is 459 g/mol. The summed E-state index contributed by atoms with van der Waals surface area (Å²) < 4.78 is 5.82. The van der Waals surface area contributed by atoms with Gasteiger partial charge >= 0.3 is 6.09 Å². The molecule has 3 heterocycles. The number of carbonyl (C=O) groups excluding carboxylic acids is 1. The van der Waals surface area contributed by atoms with Crippen LogP contribution in [-0.4, -0.2) is 57.0 Å². The fourth-order valence-electron chi connectivity index (χ4n) is 5.04. The molecule has 0 N–H and O–H groups in total. The minimum Gasteiger partial charge on any atom is -0.444 e. The Hall–Kier alpha value is -3.40. The molecule has 1 saturated heterocycles.